The average Bonchev–Trinajstić information content (AvgIpc) is 2.81. The summed E-state index contributed by atoms with van der Waals surface area (Å²) < 4.78 is 0. The minimum atomic E-state index is 0.335. The lowest BCUT2D eigenvalue weighted by Gasteiger charge is -2.11. The van der Waals surface area contributed by atoms with Crippen molar-refractivity contribution < 1.29 is 0 Å². The Morgan fingerprint density at radius 3 is 2.76 bits per heavy atom. The van der Waals surface area contributed by atoms with Gasteiger partial charge in [0.15, 0.2) is 0 Å². The Labute approximate surface area is 115 Å². The maximum Gasteiger partial charge on any atom is 0.0900 e. The van der Waals surface area contributed by atoms with Gasteiger partial charge < -0.3 is 5.32 Å². The van der Waals surface area contributed by atoms with Crippen LogP contribution in [0.1, 0.15) is 33.4 Å². The van der Waals surface area contributed by atoms with E-state index in [0.717, 1.165) is 22.3 Å². The minimum absolute atomic E-state index is 0.335. The van der Waals surface area contributed by atoms with Gasteiger partial charge in [0.1, 0.15) is 0 Å². The Balaban J connectivity index is 1.97. The Morgan fingerprint density at radius 2 is 2.24 bits per heavy atom. The van der Waals surface area contributed by atoms with Crippen molar-refractivity contribution >= 4 is 34.3 Å². The molecule has 1 atom stereocenters. The Bertz CT molecular complexity index is 504. The normalized spacial score (nSPS) is 12.9. The van der Waals surface area contributed by atoms with Crippen LogP contribution in [0.15, 0.2) is 11.4 Å². The Kier molecular flexibility index (Phi) is 4.20. The van der Waals surface area contributed by atoms with Crippen LogP contribution in [-0.4, -0.2) is 4.98 Å². The summed E-state index contributed by atoms with van der Waals surface area (Å²) in [7, 11) is 0. The van der Waals surface area contributed by atoms with Crippen LogP contribution in [0.5, 0.6) is 0 Å². The lowest BCUT2D eigenvalue weighted by Crippen LogP contribution is -2.17. The number of rotatable bonds is 4. The molecule has 1 unspecified atom stereocenters. The molecular formula is C12H15ClN2S2. The zero-order valence-corrected chi connectivity index (χ0v) is 12.5. The van der Waals surface area contributed by atoms with Crippen molar-refractivity contribution in [3.8, 4) is 0 Å². The van der Waals surface area contributed by atoms with Crippen molar-refractivity contribution in [1.29, 1.82) is 0 Å². The molecule has 0 aromatic carbocycles. The van der Waals surface area contributed by atoms with Gasteiger partial charge in [-0.25, -0.2) is 4.98 Å². The van der Waals surface area contributed by atoms with Crippen LogP contribution < -0.4 is 5.32 Å². The van der Waals surface area contributed by atoms with Crippen LogP contribution in [0.2, 0.25) is 5.02 Å². The SMILES string of the molecule is Cc1nc(C)c(C(C)NCc2cc(Cl)cs2)s1. The number of hydrogen-bond acceptors (Lipinski definition) is 4. The van der Waals surface area contributed by atoms with Gasteiger partial charge in [-0.05, 0) is 26.8 Å². The van der Waals surface area contributed by atoms with E-state index < -0.39 is 0 Å². The zero-order chi connectivity index (χ0) is 12.4. The Morgan fingerprint density at radius 1 is 1.47 bits per heavy atom. The minimum Gasteiger partial charge on any atom is -0.304 e. The highest BCUT2D eigenvalue weighted by Gasteiger charge is 2.12. The lowest BCUT2D eigenvalue weighted by molar-refractivity contribution is 0.584. The number of nitrogens with one attached hydrogen (secondary N) is 1. The van der Waals surface area contributed by atoms with E-state index in [0.29, 0.717) is 6.04 Å². The molecule has 0 fully saturated rings. The van der Waals surface area contributed by atoms with E-state index in [1.807, 2.05) is 18.4 Å². The molecule has 2 rings (SSSR count). The number of aromatic nitrogens is 1. The highest BCUT2D eigenvalue weighted by Crippen LogP contribution is 2.25. The van der Waals surface area contributed by atoms with Crippen LogP contribution >= 0.6 is 34.3 Å². The summed E-state index contributed by atoms with van der Waals surface area (Å²) in [5.41, 5.74) is 1.14. The van der Waals surface area contributed by atoms with Crippen molar-refractivity contribution in [3.63, 3.8) is 0 Å². The molecule has 92 valence electrons. The topological polar surface area (TPSA) is 24.9 Å². The number of nitrogens with zero attached hydrogens (tertiary/aromatic N) is 1. The monoisotopic (exact) mass is 286 g/mol. The third kappa shape index (κ3) is 3.28. The molecule has 0 aliphatic carbocycles. The molecule has 2 nitrogen and oxygen atoms in total. The highest BCUT2D eigenvalue weighted by atomic mass is 35.5. The largest absolute Gasteiger partial charge is 0.304 e. The molecular weight excluding hydrogens is 272 g/mol. The van der Waals surface area contributed by atoms with Gasteiger partial charge >= 0.3 is 0 Å². The first kappa shape index (κ1) is 13.0. The molecule has 0 bridgehead atoms. The van der Waals surface area contributed by atoms with Crippen LogP contribution in [0.4, 0.5) is 0 Å². The van der Waals surface area contributed by atoms with Crippen molar-refractivity contribution in [2.75, 3.05) is 0 Å². The predicted molar refractivity (Wildman–Crippen MR) is 76.2 cm³/mol. The second-order valence-corrected chi connectivity index (χ2v) is 6.68. The van der Waals surface area contributed by atoms with Crippen molar-refractivity contribution in [3.05, 3.63) is 36.9 Å². The third-order valence-electron chi connectivity index (χ3n) is 2.54. The molecule has 17 heavy (non-hydrogen) atoms. The van der Waals surface area contributed by atoms with Crippen molar-refractivity contribution in [2.45, 2.75) is 33.4 Å². The second-order valence-electron chi connectivity index (χ2n) is 4.02. The lowest BCUT2D eigenvalue weighted by atomic mass is 10.2. The predicted octanol–water partition coefficient (Wildman–Crippen LogP) is 4.33. The van der Waals surface area contributed by atoms with Crippen molar-refractivity contribution in [2.24, 2.45) is 0 Å². The fourth-order valence-electron chi connectivity index (χ4n) is 1.74. The van der Waals surface area contributed by atoms with Gasteiger partial charge in [0, 0.05) is 27.7 Å². The van der Waals surface area contributed by atoms with Crippen LogP contribution in [0.25, 0.3) is 0 Å². The van der Waals surface area contributed by atoms with Gasteiger partial charge in [0.2, 0.25) is 0 Å². The number of hydrogen-bond donors (Lipinski definition) is 1. The highest BCUT2D eigenvalue weighted by molar-refractivity contribution is 7.11. The molecule has 0 saturated carbocycles. The first-order valence-electron chi connectivity index (χ1n) is 5.46. The van der Waals surface area contributed by atoms with Crippen LogP contribution in [0.3, 0.4) is 0 Å². The molecule has 0 saturated heterocycles. The van der Waals surface area contributed by atoms with Crippen LogP contribution in [0, 0.1) is 13.8 Å². The van der Waals surface area contributed by atoms with E-state index in [4.69, 9.17) is 11.6 Å². The van der Waals surface area contributed by atoms with Gasteiger partial charge in [-0.15, -0.1) is 22.7 Å². The molecule has 0 amide bonds. The molecule has 0 aliphatic heterocycles. The van der Waals surface area contributed by atoms with E-state index in [2.05, 4.69) is 24.1 Å². The van der Waals surface area contributed by atoms with E-state index in [1.165, 1.54) is 9.75 Å². The van der Waals surface area contributed by atoms with Gasteiger partial charge in [-0.2, -0.15) is 0 Å². The standard InChI is InChI=1S/C12H15ClN2S2/c1-7(12-8(2)15-9(3)17-12)14-5-11-4-10(13)6-16-11/h4,6-7,14H,5H2,1-3H3. The fraction of sp³-hybridized carbons (Fsp3) is 0.417. The molecule has 2 aromatic heterocycles. The van der Waals surface area contributed by atoms with Gasteiger partial charge in [0.05, 0.1) is 15.7 Å². The molecule has 0 radical (unpaired) electrons. The number of thiophene rings is 1. The first-order chi connectivity index (χ1) is 8.06. The fourth-order valence-corrected chi connectivity index (χ4v) is 3.72. The third-order valence-corrected chi connectivity index (χ3v) is 5.08. The quantitative estimate of drug-likeness (QED) is 0.905. The van der Waals surface area contributed by atoms with Crippen molar-refractivity contribution in [1.82, 2.24) is 10.3 Å². The van der Waals surface area contributed by atoms with Gasteiger partial charge in [-0.1, -0.05) is 11.6 Å². The summed E-state index contributed by atoms with van der Waals surface area (Å²) in [6, 6.07) is 2.35. The maximum atomic E-state index is 5.90. The molecule has 0 spiro atoms. The molecule has 1 N–H and O–H groups in total. The van der Waals surface area contributed by atoms with E-state index in [-0.39, 0.29) is 0 Å². The van der Waals surface area contributed by atoms with E-state index in [9.17, 15) is 0 Å². The summed E-state index contributed by atoms with van der Waals surface area (Å²) in [6.45, 7) is 7.15. The second kappa shape index (κ2) is 5.48. The summed E-state index contributed by atoms with van der Waals surface area (Å²) in [5, 5.41) is 7.42. The maximum absolute atomic E-state index is 5.90. The molecule has 2 aromatic rings. The summed E-state index contributed by atoms with van der Waals surface area (Å²) in [4.78, 5) is 7.04. The summed E-state index contributed by atoms with van der Waals surface area (Å²) in [6.07, 6.45) is 0. The van der Waals surface area contributed by atoms with Gasteiger partial charge in [0.25, 0.3) is 0 Å². The smallest absolute Gasteiger partial charge is 0.0900 e. The summed E-state index contributed by atoms with van der Waals surface area (Å²) >= 11 is 9.35. The van der Waals surface area contributed by atoms with Gasteiger partial charge in [-0.3, -0.25) is 0 Å². The van der Waals surface area contributed by atoms with Crippen LogP contribution in [-0.2, 0) is 6.54 Å². The summed E-state index contributed by atoms with van der Waals surface area (Å²) in [5.74, 6) is 0. The number of halogens is 1. The molecule has 0 aliphatic rings. The average molecular weight is 287 g/mol. The number of aryl methyl sites for hydroxylation is 2. The first-order valence-corrected chi connectivity index (χ1v) is 7.54. The zero-order valence-electron chi connectivity index (χ0n) is 10.1. The molecule has 5 heteroatoms. The molecule has 2 heterocycles. The Hall–Kier alpha value is -0.420. The van der Waals surface area contributed by atoms with E-state index >= 15 is 0 Å². The van der Waals surface area contributed by atoms with E-state index in [1.54, 1.807) is 22.7 Å². The number of thiazole rings is 1.